The molecule has 3 atom stereocenters. The molecule has 0 spiro atoms. The molecule has 4 nitrogen and oxygen atoms in total. The third-order valence-electron chi connectivity index (χ3n) is 5.76. The van der Waals surface area contributed by atoms with E-state index in [2.05, 4.69) is 14.9 Å². The van der Waals surface area contributed by atoms with Gasteiger partial charge in [0.25, 0.3) is 0 Å². The number of alkyl halides is 3. The number of pyridine rings is 1. The molecule has 2 aromatic rings. The molecular formula is C18H19F3N4. The third kappa shape index (κ3) is 2.47. The molecule has 2 saturated carbocycles. The van der Waals surface area contributed by atoms with Gasteiger partial charge in [-0.05, 0) is 37.7 Å². The maximum atomic E-state index is 13.2. The first kappa shape index (κ1) is 15.4. The zero-order valence-electron chi connectivity index (χ0n) is 13.8. The largest absolute Gasteiger partial charge is 0.418 e. The summed E-state index contributed by atoms with van der Waals surface area (Å²) in [6, 6.07) is 1.64. The van der Waals surface area contributed by atoms with Gasteiger partial charge in [-0.1, -0.05) is 0 Å². The summed E-state index contributed by atoms with van der Waals surface area (Å²) < 4.78 is 41.8. The lowest BCUT2D eigenvalue weighted by molar-refractivity contribution is -0.138. The topological polar surface area (TPSA) is 42.7 Å². The van der Waals surface area contributed by atoms with E-state index in [1.165, 1.54) is 19.2 Å². The number of rotatable bonds is 3. The van der Waals surface area contributed by atoms with Crippen molar-refractivity contribution in [2.75, 3.05) is 13.1 Å². The van der Waals surface area contributed by atoms with E-state index < -0.39 is 11.7 Å². The minimum atomic E-state index is -4.39. The van der Waals surface area contributed by atoms with Crippen molar-refractivity contribution in [3.63, 3.8) is 0 Å². The van der Waals surface area contributed by atoms with Crippen LogP contribution in [0.4, 0.5) is 13.2 Å². The van der Waals surface area contributed by atoms with Crippen LogP contribution in [0.1, 0.15) is 41.9 Å². The molecule has 2 aromatic heterocycles. The maximum absolute atomic E-state index is 13.2. The number of nitrogens with zero attached hydrogens (tertiary/aromatic N) is 3. The molecule has 0 aromatic carbocycles. The lowest BCUT2D eigenvalue weighted by Gasteiger charge is -2.10. The van der Waals surface area contributed by atoms with Crippen LogP contribution in [0.15, 0.2) is 18.5 Å². The van der Waals surface area contributed by atoms with Crippen molar-refractivity contribution >= 4 is 0 Å². The van der Waals surface area contributed by atoms with Crippen molar-refractivity contribution < 1.29 is 13.2 Å². The Hall–Kier alpha value is -1.89. The van der Waals surface area contributed by atoms with Gasteiger partial charge in [-0.2, -0.15) is 13.2 Å². The van der Waals surface area contributed by atoms with Crippen molar-refractivity contribution in [2.24, 2.45) is 11.8 Å². The molecule has 2 aliphatic carbocycles. The van der Waals surface area contributed by atoms with Crippen LogP contribution in [-0.2, 0) is 6.18 Å². The van der Waals surface area contributed by atoms with E-state index in [-0.39, 0.29) is 5.69 Å². The fourth-order valence-electron chi connectivity index (χ4n) is 4.19. The number of aryl methyl sites for hydroxylation is 1. The van der Waals surface area contributed by atoms with Crippen LogP contribution >= 0.6 is 0 Å². The standard InChI is InChI=1S/C18H19F3N4/c1-9-14(18(19,20)21)4-11(5-23-9)15-8-25(17(24-15)10-2-3-10)16-12-6-22-7-13(12)16/h4-5,8,10,12-13,16,22H,2-3,6-7H2,1H3/t12-,13+,16+. The molecule has 5 rings (SSSR count). The Bertz CT molecular complexity index is 827. The Kier molecular flexibility index (Phi) is 3.11. The molecule has 0 amide bonds. The third-order valence-corrected chi connectivity index (χ3v) is 5.76. The van der Waals surface area contributed by atoms with Gasteiger partial charge in [-0.15, -0.1) is 0 Å². The first-order valence-electron chi connectivity index (χ1n) is 8.77. The van der Waals surface area contributed by atoms with Crippen molar-refractivity contribution in [2.45, 2.75) is 37.9 Å². The summed E-state index contributed by atoms with van der Waals surface area (Å²) >= 11 is 0. The van der Waals surface area contributed by atoms with Gasteiger partial charge in [0.05, 0.1) is 11.3 Å². The number of aromatic nitrogens is 3. The highest BCUT2D eigenvalue weighted by Crippen LogP contribution is 2.55. The zero-order chi connectivity index (χ0) is 17.3. The predicted octanol–water partition coefficient (Wildman–Crippen LogP) is 3.54. The smallest absolute Gasteiger partial charge is 0.330 e. The Morgan fingerprint density at radius 1 is 1.20 bits per heavy atom. The Balaban J connectivity index is 1.55. The quantitative estimate of drug-likeness (QED) is 0.923. The number of fused-ring (bicyclic) bond motifs is 1. The summed E-state index contributed by atoms with van der Waals surface area (Å²) in [5.41, 5.74) is 0.376. The lowest BCUT2D eigenvalue weighted by atomic mass is 10.1. The minimum Gasteiger partial charge on any atom is -0.330 e. The van der Waals surface area contributed by atoms with Crippen molar-refractivity contribution in [3.05, 3.63) is 35.5 Å². The fraction of sp³-hybridized carbons (Fsp3) is 0.556. The summed E-state index contributed by atoms with van der Waals surface area (Å²) in [5, 5.41) is 3.39. The molecular weight excluding hydrogens is 329 g/mol. The molecule has 3 aliphatic rings. The molecule has 1 N–H and O–H groups in total. The van der Waals surface area contributed by atoms with E-state index in [1.54, 1.807) is 0 Å². The van der Waals surface area contributed by atoms with Gasteiger partial charge in [0, 0.05) is 48.7 Å². The summed E-state index contributed by atoms with van der Waals surface area (Å²) in [7, 11) is 0. The Morgan fingerprint density at radius 2 is 1.92 bits per heavy atom. The van der Waals surface area contributed by atoms with Gasteiger partial charge in [0.15, 0.2) is 0 Å². The van der Waals surface area contributed by atoms with E-state index in [4.69, 9.17) is 4.98 Å². The number of hydrogen-bond acceptors (Lipinski definition) is 3. The minimum absolute atomic E-state index is 0.000832. The SMILES string of the molecule is Cc1ncc(-c2cn([C@H]3[C@@H]4CNC[C@@H]43)c(C3CC3)n2)cc1C(F)(F)F. The van der Waals surface area contributed by atoms with Gasteiger partial charge in [-0.25, -0.2) is 4.98 Å². The first-order chi connectivity index (χ1) is 11.9. The van der Waals surface area contributed by atoms with Crippen molar-refractivity contribution in [3.8, 4) is 11.3 Å². The molecule has 1 aliphatic heterocycles. The normalized spacial score (nSPS) is 28.2. The van der Waals surface area contributed by atoms with E-state index in [0.29, 0.717) is 35.1 Å². The maximum Gasteiger partial charge on any atom is 0.418 e. The van der Waals surface area contributed by atoms with E-state index >= 15 is 0 Å². The van der Waals surface area contributed by atoms with Gasteiger partial charge < -0.3 is 9.88 Å². The lowest BCUT2D eigenvalue weighted by Crippen LogP contribution is -2.17. The first-order valence-corrected chi connectivity index (χ1v) is 8.77. The average Bonchev–Trinajstić information content (AvgIpc) is 3.43. The van der Waals surface area contributed by atoms with Crippen LogP contribution < -0.4 is 5.32 Å². The second-order valence-corrected chi connectivity index (χ2v) is 7.50. The molecule has 0 bridgehead atoms. The fourth-order valence-corrected chi connectivity index (χ4v) is 4.19. The number of piperidine rings is 1. The summed E-state index contributed by atoms with van der Waals surface area (Å²) in [4.78, 5) is 8.68. The molecule has 0 unspecified atom stereocenters. The van der Waals surface area contributed by atoms with Crippen LogP contribution in [-0.4, -0.2) is 27.6 Å². The van der Waals surface area contributed by atoms with Gasteiger partial charge >= 0.3 is 6.18 Å². The predicted molar refractivity (Wildman–Crippen MR) is 86.1 cm³/mol. The number of nitrogens with one attached hydrogen (secondary N) is 1. The van der Waals surface area contributed by atoms with Gasteiger partial charge in [-0.3, -0.25) is 4.98 Å². The second kappa shape index (κ2) is 5.06. The second-order valence-electron chi connectivity index (χ2n) is 7.50. The highest BCUT2D eigenvalue weighted by molar-refractivity contribution is 5.59. The summed E-state index contributed by atoms with van der Waals surface area (Å²) in [5.74, 6) is 2.79. The van der Waals surface area contributed by atoms with Crippen LogP contribution in [0, 0.1) is 18.8 Å². The number of imidazole rings is 1. The highest BCUT2D eigenvalue weighted by Gasteiger charge is 2.55. The van der Waals surface area contributed by atoms with E-state index in [0.717, 1.165) is 31.8 Å². The molecule has 0 radical (unpaired) electrons. The summed E-state index contributed by atoms with van der Waals surface area (Å²) in [6.07, 6.45) is 1.30. The molecule has 25 heavy (non-hydrogen) atoms. The van der Waals surface area contributed by atoms with Crippen LogP contribution in [0.25, 0.3) is 11.3 Å². The summed E-state index contributed by atoms with van der Waals surface area (Å²) in [6.45, 7) is 3.44. The number of hydrogen-bond donors (Lipinski definition) is 1. The monoisotopic (exact) mass is 348 g/mol. The van der Waals surface area contributed by atoms with Crippen LogP contribution in [0.2, 0.25) is 0 Å². The molecule has 3 heterocycles. The van der Waals surface area contributed by atoms with Crippen LogP contribution in [0.5, 0.6) is 0 Å². The van der Waals surface area contributed by atoms with E-state index in [9.17, 15) is 13.2 Å². The Labute approximate surface area is 143 Å². The molecule has 1 saturated heterocycles. The van der Waals surface area contributed by atoms with Gasteiger partial charge in [0.1, 0.15) is 5.82 Å². The van der Waals surface area contributed by atoms with Crippen molar-refractivity contribution in [1.29, 1.82) is 0 Å². The van der Waals surface area contributed by atoms with E-state index in [1.807, 2.05) is 6.20 Å². The van der Waals surface area contributed by atoms with Gasteiger partial charge in [0.2, 0.25) is 0 Å². The zero-order valence-corrected chi connectivity index (χ0v) is 13.8. The molecule has 3 fully saturated rings. The molecule has 132 valence electrons. The Morgan fingerprint density at radius 3 is 2.56 bits per heavy atom. The number of halogens is 3. The highest BCUT2D eigenvalue weighted by atomic mass is 19.4. The molecule has 7 heteroatoms. The van der Waals surface area contributed by atoms with Crippen molar-refractivity contribution in [1.82, 2.24) is 19.9 Å². The average molecular weight is 348 g/mol. The van der Waals surface area contributed by atoms with Crippen LogP contribution in [0.3, 0.4) is 0 Å².